The Morgan fingerprint density at radius 2 is 1.50 bits per heavy atom. The number of carboxylic acids is 1. The number of unbranched alkanes of at least 4 members (excludes halogenated alkanes) is 8. The van der Waals surface area contributed by atoms with E-state index < -0.39 is 21.8 Å². The molecule has 0 aliphatic carbocycles. The van der Waals surface area contributed by atoms with E-state index in [1.807, 2.05) is 0 Å². The molecule has 1 rings (SSSR count). The molecule has 0 saturated carbocycles. The van der Waals surface area contributed by atoms with Gasteiger partial charge in [-0.15, -0.1) is 0 Å². The van der Waals surface area contributed by atoms with E-state index in [1.54, 1.807) is 6.07 Å². The predicted octanol–water partition coefficient (Wildman–Crippen LogP) is -0.643. The van der Waals surface area contributed by atoms with Crippen LogP contribution in [-0.2, 0) is 15.9 Å². The van der Waals surface area contributed by atoms with E-state index in [1.165, 1.54) is 37.8 Å². The molecule has 9 heteroatoms. The summed E-state index contributed by atoms with van der Waals surface area (Å²) in [4.78, 5) is 11.1. The standard InChI is InChI=1S/C19H31NO6S.K/c21-13-9-7-5-3-1-2-4-6-8-12-20-17-10-11-18(19(22)23)16(14-17)15-27(24,25)26;/h10-11,14,20-21H,1-9,12-13,15H2,(H,22,23)(H,24,25,26);/q;+1/p-1. The first kappa shape index (κ1) is 28.0. The molecule has 0 spiro atoms. The second-order valence-corrected chi connectivity index (χ2v) is 8.17. The number of anilines is 1. The van der Waals surface area contributed by atoms with Crippen molar-refractivity contribution in [1.82, 2.24) is 0 Å². The number of benzene rings is 1. The average molecular weight is 440 g/mol. The van der Waals surface area contributed by atoms with Gasteiger partial charge in [-0.05, 0) is 30.5 Å². The first-order valence-corrected chi connectivity index (χ1v) is 11.1. The molecule has 154 valence electrons. The van der Waals surface area contributed by atoms with Gasteiger partial charge in [0.25, 0.3) is 10.1 Å². The Balaban J connectivity index is 0.00000729. The fourth-order valence-corrected chi connectivity index (χ4v) is 3.56. The summed E-state index contributed by atoms with van der Waals surface area (Å²) in [6, 6.07) is 4.27. The van der Waals surface area contributed by atoms with Gasteiger partial charge in [-0.25, -0.2) is 0 Å². The molecule has 3 N–H and O–H groups in total. The van der Waals surface area contributed by atoms with Crippen LogP contribution in [0, 0.1) is 0 Å². The molecule has 1 aromatic rings. The van der Waals surface area contributed by atoms with Crippen molar-refractivity contribution in [2.75, 3.05) is 18.5 Å². The van der Waals surface area contributed by atoms with Gasteiger partial charge in [-0.1, -0.05) is 51.0 Å². The molecular formula is C19H30KNO6S. The minimum absolute atomic E-state index is 0. The summed E-state index contributed by atoms with van der Waals surface area (Å²) in [5.74, 6) is -2.24. The van der Waals surface area contributed by atoms with Crippen LogP contribution in [-0.4, -0.2) is 37.2 Å². The van der Waals surface area contributed by atoms with Gasteiger partial charge in [-0.2, -0.15) is 8.42 Å². The van der Waals surface area contributed by atoms with E-state index in [0.717, 1.165) is 32.1 Å². The third-order valence-corrected chi connectivity index (χ3v) is 5.00. The number of hydrogen-bond donors (Lipinski definition) is 3. The Morgan fingerprint density at radius 1 is 0.964 bits per heavy atom. The third-order valence-electron chi connectivity index (χ3n) is 4.33. The van der Waals surface area contributed by atoms with Gasteiger partial charge in [0.05, 0.1) is 5.97 Å². The monoisotopic (exact) mass is 439 g/mol. The Labute approximate surface area is 210 Å². The Morgan fingerprint density at radius 3 is 2.00 bits per heavy atom. The zero-order chi connectivity index (χ0) is 20.1. The average Bonchev–Trinajstić information content (AvgIpc) is 2.58. The minimum atomic E-state index is -4.33. The van der Waals surface area contributed by atoms with E-state index in [4.69, 9.17) is 9.66 Å². The summed E-state index contributed by atoms with van der Waals surface area (Å²) in [5, 5.41) is 22.9. The van der Waals surface area contributed by atoms with Crippen LogP contribution in [0.25, 0.3) is 0 Å². The maximum Gasteiger partial charge on any atom is 1.00 e. The second-order valence-electron chi connectivity index (χ2n) is 6.72. The van der Waals surface area contributed by atoms with Crippen LogP contribution in [0.5, 0.6) is 0 Å². The topological polar surface area (TPSA) is 127 Å². The van der Waals surface area contributed by atoms with Crippen molar-refractivity contribution in [2.45, 2.75) is 63.5 Å². The van der Waals surface area contributed by atoms with Crippen LogP contribution in [0.1, 0.15) is 73.7 Å². The Kier molecular flexibility index (Phi) is 15.8. The Bertz CT molecular complexity index is 681. The second kappa shape index (κ2) is 15.8. The largest absolute Gasteiger partial charge is 1.00 e. The van der Waals surface area contributed by atoms with Crippen molar-refractivity contribution in [3.05, 3.63) is 29.3 Å². The van der Waals surface area contributed by atoms with Crippen LogP contribution < -0.4 is 61.8 Å². The van der Waals surface area contributed by atoms with E-state index in [-0.39, 0.29) is 69.1 Å². The van der Waals surface area contributed by atoms with Gasteiger partial charge in [0, 0.05) is 24.4 Å². The van der Waals surface area contributed by atoms with Crippen molar-refractivity contribution in [3.63, 3.8) is 0 Å². The van der Waals surface area contributed by atoms with Crippen LogP contribution in [0.3, 0.4) is 0 Å². The first-order chi connectivity index (χ1) is 12.8. The quantitative estimate of drug-likeness (QED) is 0.188. The van der Waals surface area contributed by atoms with E-state index in [0.29, 0.717) is 12.2 Å². The normalized spacial score (nSPS) is 11.1. The third kappa shape index (κ3) is 13.3. The number of carboxylic acid groups (broad SMARTS) is 1. The molecule has 7 nitrogen and oxygen atoms in total. The van der Waals surface area contributed by atoms with Crippen LogP contribution in [0.4, 0.5) is 5.69 Å². The maximum atomic E-state index is 11.1. The summed E-state index contributed by atoms with van der Waals surface area (Å²) < 4.78 is 31.1. The number of aromatic carboxylic acids is 1. The van der Waals surface area contributed by atoms with Crippen molar-refractivity contribution in [3.8, 4) is 0 Å². The van der Waals surface area contributed by atoms with Crippen molar-refractivity contribution in [2.24, 2.45) is 0 Å². The number of nitrogens with one attached hydrogen (secondary N) is 1. The molecule has 0 aliphatic rings. The van der Waals surface area contributed by atoms with Gasteiger partial charge in [0.1, 0.15) is 5.75 Å². The van der Waals surface area contributed by atoms with Gasteiger partial charge in [0.2, 0.25) is 0 Å². The number of carbonyl (C=O) groups excluding carboxylic acids is 1. The molecule has 0 heterocycles. The van der Waals surface area contributed by atoms with Crippen molar-refractivity contribution >= 4 is 21.8 Å². The summed E-state index contributed by atoms with van der Waals surface area (Å²) in [5.41, 5.74) is 0.378. The molecule has 28 heavy (non-hydrogen) atoms. The molecule has 1 aromatic carbocycles. The number of rotatable bonds is 15. The molecule has 0 amide bonds. The zero-order valence-electron chi connectivity index (χ0n) is 16.7. The fourth-order valence-electron chi connectivity index (χ4n) is 2.93. The zero-order valence-corrected chi connectivity index (χ0v) is 20.6. The van der Waals surface area contributed by atoms with Crippen molar-refractivity contribution in [1.29, 1.82) is 0 Å². The predicted molar refractivity (Wildman–Crippen MR) is 103 cm³/mol. The molecule has 0 aromatic heterocycles. The molecule has 0 unspecified atom stereocenters. The maximum absolute atomic E-state index is 11.1. The van der Waals surface area contributed by atoms with Gasteiger partial charge in [0.15, 0.2) is 0 Å². The van der Waals surface area contributed by atoms with E-state index >= 15 is 0 Å². The van der Waals surface area contributed by atoms with E-state index in [9.17, 15) is 18.3 Å². The molecule has 0 atom stereocenters. The summed E-state index contributed by atoms with van der Waals surface area (Å²) >= 11 is 0. The van der Waals surface area contributed by atoms with Gasteiger partial charge in [-0.3, -0.25) is 4.55 Å². The number of hydrogen-bond acceptors (Lipinski definition) is 6. The Hall–Kier alpha value is -0.00364. The number of aliphatic hydroxyl groups is 1. The van der Waals surface area contributed by atoms with Gasteiger partial charge < -0.3 is 20.3 Å². The minimum Gasteiger partial charge on any atom is -0.545 e. The van der Waals surface area contributed by atoms with Crippen LogP contribution in [0.15, 0.2) is 18.2 Å². The van der Waals surface area contributed by atoms with E-state index in [2.05, 4.69) is 5.32 Å². The summed E-state index contributed by atoms with van der Waals surface area (Å²) in [6.07, 6.45) is 9.96. The molecule has 0 saturated heterocycles. The molecule has 0 fully saturated rings. The number of carbonyl (C=O) groups is 1. The molecule has 0 aliphatic heterocycles. The van der Waals surface area contributed by atoms with Gasteiger partial charge >= 0.3 is 51.4 Å². The number of aliphatic hydroxyl groups excluding tert-OH is 1. The summed E-state index contributed by atoms with van der Waals surface area (Å²) in [6.45, 7) is 0.979. The summed E-state index contributed by atoms with van der Waals surface area (Å²) in [7, 11) is -4.33. The smallest absolute Gasteiger partial charge is 0.545 e. The fraction of sp³-hybridized carbons (Fsp3) is 0.632. The molecule has 0 radical (unpaired) electrons. The van der Waals surface area contributed by atoms with Crippen LogP contribution in [0.2, 0.25) is 0 Å². The molecule has 0 bridgehead atoms. The molecular weight excluding hydrogens is 409 g/mol. The van der Waals surface area contributed by atoms with Crippen molar-refractivity contribution < 1.29 is 79.4 Å². The first-order valence-electron chi connectivity index (χ1n) is 9.47. The SMILES string of the molecule is O=C([O-])c1ccc(NCCCCCCCCCCCO)cc1CS(=O)(=O)O.[K+]. The van der Waals surface area contributed by atoms with Crippen LogP contribution >= 0.6 is 0 Å².